The number of rotatable bonds is 14. The van der Waals surface area contributed by atoms with Crippen LogP contribution in [0.5, 0.6) is 0 Å². The summed E-state index contributed by atoms with van der Waals surface area (Å²) < 4.78 is 0. The molecule has 1 atom stereocenters. The van der Waals surface area contributed by atoms with Gasteiger partial charge in [0.25, 0.3) is 0 Å². The first-order chi connectivity index (χ1) is 9.16. The van der Waals surface area contributed by atoms with Crippen LogP contribution in [0.3, 0.4) is 0 Å². The molecule has 0 aliphatic rings. The highest BCUT2D eigenvalue weighted by Gasteiger charge is 2.05. The van der Waals surface area contributed by atoms with E-state index in [1.807, 2.05) is 0 Å². The first kappa shape index (κ1) is 19.0. The molecular weight excluding hydrogens is 230 g/mol. The molecule has 1 heteroatoms. The van der Waals surface area contributed by atoms with E-state index >= 15 is 0 Å². The molecule has 0 saturated carbocycles. The van der Waals surface area contributed by atoms with Gasteiger partial charge < -0.3 is 0 Å². The van der Waals surface area contributed by atoms with Crippen molar-refractivity contribution >= 4 is 0 Å². The number of hydrogen-bond donors (Lipinski definition) is 0. The van der Waals surface area contributed by atoms with Crippen LogP contribution < -0.4 is 5.73 Å². The Labute approximate surface area is 122 Å². The summed E-state index contributed by atoms with van der Waals surface area (Å²) in [5.41, 5.74) is 7.93. The molecular formula is C18H38N. The normalized spacial score (nSPS) is 13.1. The highest BCUT2D eigenvalue weighted by atomic mass is 14.6. The zero-order chi connectivity index (χ0) is 14.3. The maximum absolute atomic E-state index is 7.93. The van der Waals surface area contributed by atoms with Crippen molar-refractivity contribution < 1.29 is 0 Å². The topological polar surface area (TPSA) is 23.8 Å². The predicted octanol–water partition coefficient (Wildman–Crippen LogP) is 6.39. The highest BCUT2D eigenvalue weighted by Crippen LogP contribution is 2.14. The fourth-order valence-electron chi connectivity index (χ4n) is 2.74. The van der Waals surface area contributed by atoms with E-state index < -0.39 is 0 Å². The number of nitrogens with one attached hydrogen (secondary N) is 1. The molecule has 115 valence electrons. The molecule has 0 aromatic heterocycles. The maximum atomic E-state index is 7.93. The van der Waals surface area contributed by atoms with Crippen molar-refractivity contribution in [3.8, 4) is 0 Å². The van der Waals surface area contributed by atoms with Crippen LogP contribution in [0, 0.1) is 5.92 Å². The lowest BCUT2D eigenvalue weighted by molar-refractivity contribution is 0.442. The van der Waals surface area contributed by atoms with Crippen LogP contribution in [0.1, 0.15) is 104 Å². The molecule has 1 nitrogen and oxygen atoms in total. The molecule has 1 radical (unpaired) electrons. The fraction of sp³-hybridized carbons (Fsp3) is 1.00. The van der Waals surface area contributed by atoms with Gasteiger partial charge in [0.1, 0.15) is 0 Å². The van der Waals surface area contributed by atoms with E-state index in [-0.39, 0.29) is 6.04 Å². The van der Waals surface area contributed by atoms with Crippen molar-refractivity contribution in [2.24, 2.45) is 5.92 Å². The zero-order valence-corrected chi connectivity index (χ0v) is 13.8. The largest absolute Gasteiger partial charge is 0.255 e. The van der Waals surface area contributed by atoms with Gasteiger partial charge in [-0.2, -0.15) is 0 Å². The first-order valence-corrected chi connectivity index (χ1v) is 8.88. The van der Waals surface area contributed by atoms with E-state index in [0.717, 1.165) is 12.8 Å². The van der Waals surface area contributed by atoms with Crippen LogP contribution in [0.4, 0.5) is 0 Å². The second-order valence-electron chi connectivity index (χ2n) is 6.65. The molecule has 0 saturated heterocycles. The summed E-state index contributed by atoms with van der Waals surface area (Å²) in [7, 11) is 0. The minimum absolute atomic E-state index is 0.193. The van der Waals surface area contributed by atoms with Crippen molar-refractivity contribution in [1.82, 2.24) is 5.73 Å². The Morgan fingerprint density at radius 2 is 1.11 bits per heavy atom. The smallest absolute Gasteiger partial charge is 0.0215 e. The van der Waals surface area contributed by atoms with Crippen LogP contribution in [0.15, 0.2) is 0 Å². The Balaban J connectivity index is 3.06. The molecule has 0 aromatic carbocycles. The average molecular weight is 269 g/mol. The summed E-state index contributed by atoms with van der Waals surface area (Å²) in [5, 5.41) is 0. The van der Waals surface area contributed by atoms with Gasteiger partial charge >= 0.3 is 0 Å². The monoisotopic (exact) mass is 268 g/mol. The van der Waals surface area contributed by atoms with Crippen LogP contribution in [0.2, 0.25) is 0 Å². The lowest BCUT2D eigenvalue weighted by atomic mass is 9.98. The van der Waals surface area contributed by atoms with Gasteiger partial charge in [0, 0.05) is 6.04 Å². The molecule has 0 aliphatic carbocycles. The van der Waals surface area contributed by atoms with E-state index in [2.05, 4.69) is 20.8 Å². The Hall–Kier alpha value is -0.0400. The van der Waals surface area contributed by atoms with E-state index in [9.17, 15) is 0 Å². The number of unbranched alkanes of at least 4 members (excludes halogenated alkanes) is 10. The van der Waals surface area contributed by atoms with Crippen molar-refractivity contribution in [2.45, 2.75) is 110 Å². The quantitative estimate of drug-likeness (QED) is 0.326. The molecule has 0 aromatic rings. The van der Waals surface area contributed by atoms with Crippen LogP contribution in [-0.2, 0) is 0 Å². The molecule has 0 spiro atoms. The third-order valence-corrected chi connectivity index (χ3v) is 3.91. The molecule has 1 unspecified atom stereocenters. The zero-order valence-electron chi connectivity index (χ0n) is 13.8. The molecule has 1 N–H and O–H groups in total. The second kappa shape index (κ2) is 14.4. The fourth-order valence-corrected chi connectivity index (χ4v) is 2.74. The predicted molar refractivity (Wildman–Crippen MR) is 87.4 cm³/mol. The van der Waals surface area contributed by atoms with Crippen molar-refractivity contribution in [2.75, 3.05) is 0 Å². The summed E-state index contributed by atoms with van der Waals surface area (Å²) in [4.78, 5) is 0. The third-order valence-electron chi connectivity index (χ3n) is 3.91. The highest BCUT2D eigenvalue weighted by molar-refractivity contribution is 4.62. The van der Waals surface area contributed by atoms with Gasteiger partial charge in [0.2, 0.25) is 0 Å². The van der Waals surface area contributed by atoms with E-state index in [0.29, 0.717) is 5.92 Å². The lowest BCUT2D eigenvalue weighted by Gasteiger charge is -2.12. The van der Waals surface area contributed by atoms with Gasteiger partial charge in [0.15, 0.2) is 0 Å². The van der Waals surface area contributed by atoms with Crippen LogP contribution in [0.25, 0.3) is 0 Å². The standard InChI is InChI=1S/C18H38N/c1-4-5-6-7-8-9-10-11-12-13-14-15-18(19)16-17(2)3/h17-19H,4-16H2,1-3H3. The summed E-state index contributed by atoms with van der Waals surface area (Å²) in [6.45, 7) is 6.73. The minimum Gasteiger partial charge on any atom is -0.255 e. The van der Waals surface area contributed by atoms with Gasteiger partial charge in [-0.1, -0.05) is 91.4 Å². The summed E-state index contributed by atoms with van der Waals surface area (Å²) >= 11 is 0. The minimum atomic E-state index is 0.193. The molecule has 0 fully saturated rings. The van der Waals surface area contributed by atoms with Crippen molar-refractivity contribution in [3.63, 3.8) is 0 Å². The molecule has 0 aliphatic heterocycles. The van der Waals surface area contributed by atoms with E-state index in [4.69, 9.17) is 5.73 Å². The van der Waals surface area contributed by atoms with Gasteiger partial charge in [-0.3, -0.25) is 5.73 Å². The van der Waals surface area contributed by atoms with Gasteiger partial charge in [-0.05, 0) is 18.8 Å². The maximum Gasteiger partial charge on any atom is 0.0215 e. The SMILES string of the molecule is CCCCCCCCCCCCCC([NH])CC(C)C. The Bertz CT molecular complexity index is 165. The van der Waals surface area contributed by atoms with E-state index in [1.54, 1.807) is 0 Å². The first-order valence-electron chi connectivity index (χ1n) is 8.88. The molecule has 19 heavy (non-hydrogen) atoms. The molecule has 0 heterocycles. The summed E-state index contributed by atoms with van der Waals surface area (Å²) in [6, 6.07) is 0.193. The van der Waals surface area contributed by atoms with Crippen LogP contribution >= 0.6 is 0 Å². The molecule has 0 rings (SSSR count). The Morgan fingerprint density at radius 1 is 0.684 bits per heavy atom. The van der Waals surface area contributed by atoms with Gasteiger partial charge in [0.05, 0.1) is 0 Å². The molecule has 0 bridgehead atoms. The lowest BCUT2D eigenvalue weighted by Crippen LogP contribution is -2.11. The van der Waals surface area contributed by atoms with Gasteiger partial charge in [-0.25, -0.2) is 0 Å². The summed E-state index contributed by atoms with van der Waals surface area (Å²) in [6.07, 6.45) is 17.6. The summed E-state index contributed by atoms with van der Waals surface area (Å²) in [5.74, 6) is 0.690. The van der Waals surface area contributed by atoms with Crippen molar-refractivity contribution in [3.05, 3.63) is 0 Å². The number of hydrogen-bond acceptors (Lipinski definition) is 0. The van der Waals surface area contributed by atoms with E-state index in [1.165, 1.54) is 70.6 Å². The Kier molecular flexibility index (Phi) is 14.3. The average Bonchev–Trinajstić information content (AvgIpc) is 2.35. The van der Waals surface area contributed by atoms with Crippen LogP contribution in [-0.4, -0.2) is 6.04 Å². The van der Waals surface area contributed by atoms with Gasteiger partial charge in [-0.15, -0.1) is 0 Å². The van der Waals surface area contributed by atoms with Crippen molar-refractivity contribution in [1.29, 1.82) is 0 Å². The third kappa shape index (κ3) is 15.9. The molecule has 0 amide bonds. The Morgan fingerprint density at radius 3 is 1.53 bits per heavy atom. The second-order valence-corrected chi connectivity index (χ2v) is 6.65.